The first-order valence-electron chi connectivity index (χ1n) is 10.1. The predicted octanol–water partition coefficient (Wildman–Crippen LogP) is 4.64. The number of ether oxygens (including phenoxy) is 1. The molecule has 4 heteroatoms. The summed E-state index contributed by atoms with van der Waals surface area (Å²) >= 11 is 0. The Morgan fingerprint density at radius 2 is 1.77 bits per heavy atom. The number of nitrogens with one attached hydrogen (secondary N) is 1. The Hall–Kier alpha value is -1.65. The van der Waals surface area contributed by atoms with Gasteiger partial charge in [-0.05, 0) is 63.5 Å². The summed E-state index contributed by atoms with van der Waals surface area (Å²) in [7, 11) is 0. The number of piperidine rings is 1. The van der Waals surface area contributed by atoms with E-state index in [-0.39, 0.29) is 0 Å². The Labute approximate surface area is 155 Å². The number of hydrogen-bond acceptors (Lipinski definition) is 4. The molecule has 2 aliphatic heterocycles. The van der Waals surface area contributed by atoms with Crippen LogP contribution in [0.1, 0.15) is 66.9 Å². The maximum absolute atomic E-state index is 6.43. The zero-order chi connectivity index (χ0) is 17.7. The van der Waals surface area contributed by atoms with Crippen molar-refractivity contribution in [3.63, 3.8) is 0 Å². The monoisotopic (exact) mass is 352 g/mol. The topological polar surface area (TPSA) is 47.3 Å². The molecule has 3 aliphatic rings. The molecule has 2 saturated heterocycles. The van der Waals surface area contributed by atoms with E-state index < -0.39 is 0 Å². The molecule has 1 aliphatic carbocycles. The number of nitrogens with zero attached hydrogens (tertiary/aromatic N) is 1. The van der Waals surface area contributed by atoms with Gasteiger partial charge >= 0.3 is 0 Å². The van der Waals surface area contributed by atoms with Gasteiger partial charge in [0.25, 0.3) is 0 Å². The van der Waals surface area contributed by atoms with Crippen LogP contribution in [0.25, 0.3) is 11.3 Å². The highest BCUT2D eigenvalue weighted by atomic mass is 16.5. The first-order valence-corrected chi connectivity index (χ1v) is 10.1. The molecule has 4 nitrogen and oxygen atoms in total. The summed E-state index contributed by atoms with van der Waals surface area (Å²) in [5, 5.41) is 8.20. The van der Waals surface area contributed by atoms with E-state index in [9.17, 15) is 0 Å². The predicted molar refractivity (Wildman–Crippen MR) is 101 cm³/mol. The lowest BCUT2D eigenvalue weighted by Crippen LogP contribution is -2.41. The van der Waals surface area contributed by atoms with Crippen molar-refractivity contribution in [2.45, 2.75) is 83.1 Å². The quantitative estimate of drug-likeness (QED) is 0.852. The third kappa shape index (κ3) is 2.99. The first-order chi connectivity index (χ1) is 12.7. The van der Waals surface area contributed by atoms with Crippen LogP contribution in [-0.4, -0.2) is 23.3 Å². The lowest BCUT2D eigenvalue weighted by Gasteiger charge is -2.29. The average Bonchev–Trinajstić information content (AvgIpc) is 3.30. The van der Waals surface area contributed by atoms with Gasteiger partial charge in [0.05, 0.1) is 12.7 Å². The molecule has 3 heterocycles. The first kappa shape index (κ1) is 16.5. The van der Waals surface area contributed by atoms with Crippen LogP contribution in [0.3, 0.4) is 0 Å². The lowest BCUT2D eigenvalue weighted by molar-refractivity contribution is 0.00875. The van der Waals surface area contributed by atoms with Gasteiger partial charge in [0.1, 0.15) is 11.5 Å². The molecule has 1 saturated carbocycles. The fourth-order valence-corrected chi connectivity index (χ4v) is 4.85. The Bertz CT molecular complexity index is 776. The van der Waals surface area contributed by atoms with Crippen molar-refractivity contribution in [1.29, 1.82) is 0 Å². The van der Waals surface area contributed by atoms with E-state index in [2.05, 4.69) is 42.5 Å². The number of rotatable bonds is 5. The SMILES string of the molecule is Cc1cccc(C)c1-c1noc(C2CC2)c1COC1CC2CC[C@@H](C1)N2. The van der Waals surface area contributed by atoms with Crippen LogP contribution in [0.4, 0.5) is 0 Å². The minimum Gasteiger partial charge on any atom is -0.373 e. The zero-order valence-electron chi connectivity index (χ0n) is 15.8. The van der Waals surface area contributed by atoms with Crippen molar-refractivity contribution in [2.24, 2.45) is 0 Å². The van der Waals surface area contributed by atoms with Gasteiger partial charge in [-0.25, -0.2) is 0 Å². The van der Waals surface area contributed by atoms with E-state index in [0.717, 1.165) is 24.3 Å². The summed E-state index contributed by atoms with van der Waals surface area (Å²) < 4.78 is 12.3. The standard InChI is InChI=1S/C22H28N2O2/c1-13-4-3-5-14(2)20(13)21-19(22(26-24-21)15-6-7-15)12-25-18-10-16-8-9-17(11-18)23-16/h3-5,15-18,23H,6-12H2,1-2H3/t16-,17?,18?/m0/s1. The Morgan fingerprint density at radius 3 is 2.42 bits per heavy atom. The van der Waals surface area contributed by atoms with Crippen molar-refractivity contribution in [1.82, 2.24) is 10.5 Å². The summed E-state index contributed by atoms with van der Waals surface area (Å²) in [4.78, 5) is 0. The molecule has 138 valence electrons. The summed E-state index contributed by atoms with van der Waals surface area (Å²) in [5.74, 6) is 1.61. The molecule has 5 rings (SSSR count). The second-order valence-corrected chi connectivity index (χ2v) is 8.46. The molecule has 2 bridgehead atoms. The third-order valence-electron chi connectivity index (χ3n) is 6.38. The minimum absolute atomic E-state index is 0.363. The van der Waals surface area contributed by atoms with E-state index in [1.165, 1.54) is 47.9 Å². The lowest BCUT2D eigenvalue weighted by atomic mass is 9.96. The van der Waals surface area contributed by atoms with Crippen molar-refractivity contribution in [3.05, 3.63) is 40.6 Å². The highest BCUT2D eigenvalue weighted by Crippen LogP contribution is 2.45. The van der Waals surface area contributed by atoms with Crippen molar-refractivity contribution in [3.8, 4) is 11.3 Å². The van der Waals surface area contributed by atoms with Gasteiger partial charge in [0, 0.05) is 29.1 Å². The van der Waals surface area contributed by atoms with E-state index in [0.29, 0.717) is 30.7 Å². The van der Waals surface area contributed by atoms with Crippen LogP contribution in [0.5, 0.6) is 0 Å². The van der Waals surface area contributed by atoms with Crippen LogP contribution in [-0.2, 0) is 11.3 Å². The summed E-state index contributed by atoms with van der Waals surface area (Å²) in [6.07, 6.45) is 7.68. The van der Waals surface area contributed by atoms with E-state index in [4.69, 9.17) is 9.26 Å². The second-order valence-electron chi connectivity index (χ2n) is 8.46. The molecule has 1 aromatic carbocycles. The molecule has 1 N–H and O–H groups in total. The number of hydrogen-bond donors (Lipinski definition) is 1. The fourth-order valence-electron chi connectivity index (χ4n) is 4.85. The molecule has 2 aromatic rings. The van der Waals surface area contributed by atoms with Crippen molar-refractivity contribution >= 4 is 0 Å². The molecule has 0 spiro atoms. The highest BCUT2D eigenvalue weighted by Gasteiger charge is 2.36. The molecule has 2 unspecified atom stereocenters. The van der Waals surface area contributed by atoms with Gasteiger partial charge in [-0.3, -0.25) is 0 Å². The molecule has 1 aromatic heterocycles. The fraction of sp³-hybridized carbons (Fsp3) is 0.591. The zero-order valence-corrected chi connectivity index (χ0v) is 15.8. The molecule has 26 heavy (non-hydrogen) atoms. The van der Waals surface area contributed by atoms with Gasteiger partial charge in [-0.15, -0.1) is 0 Å². The smallest absolute Gasteiger partial charge is 0.145 e. The van der Waals surface area contributed by atoms with Gasteiger partial charge in [0.2, 0.25) is 0 Å². The molecule has 3 fully saturated rings. The number of aryl methyl sites for hydroxylation is 2. The van der Waals surface area contributed by atoms with Crippen LogP contribution < -0.4 is 5.32 Å². The Morgan fingerprint density at radius 1 is 1.08 bits per heavy atom. The van der Waals surface area contributed by atoms with Gasteiger partial charge in [-0.1, -0.05) is 23.4 Å². The van der Waals surface area contributed by atoms with Crippen molar-refractivity contribution < 1.29 is 9.26 Å². The normalized spacial score (nSPS) is 27.8. The van der Waals surface area contributed by atoms with Gasteiger partial charge in [0.15, 0.2) is 0 Å². The molecule has 3 atom stereocenters. The number of benzene rings is 1. The van der Waals surface area contributed by atoms with Crippen LogP contribution in [0.2, 0.25) is 0 Å². The maximum Gasteiger partial charge on any atom is 0.145 e. The maximum atomic E-state index is 6.43. The van der Waals surface area contributed by atoms with Gasteiger partial charge < -0.3 is 14.6 Å². The number of aromatic nitrogens is 1. The Kier molecular flexibility index (Phi) is 4.13. The number of fused-ring (bicyclic) bond motifs is 2. The largest absolute Gasteiger partial charge is 0.373 e. The van der Waals surface area contributed by atoms with Crippen LogP contribution in [0.15, 0.2) is 22.7 Å². The van der Waals surface area contributed by atoms with Gasteiger partial charge in [-0.2, -0.15) is 0 Å². The van der Waals surface area contributed by atoms with E-state index >= 15 is 0 Å². The summed E-state index contributed by atoms with van der Waals surface area (Å²) in [5.41, 5.74) is 5.91. The van der Waals surface area contributed by atoms with E-state index in [1.54, 1.807) is 0 Å². The summed E-state index contributed by atoms with van der Waals surface area (Å²) in [6, 6.07) is 7.73. The Balaban J connectivity index is 1.42. The van der Waals surface area contributed by atoms with Crippen LogP contribution >= 0.6 is 0 Å². The third-order valence-corrected chi connectivity index (χ3v) is 6.38. The second kappa shape index (κ2) is 6.50. The molecular formula is C22H28N2O2. The highest BCUT2D eigenvalue weighted by molar-refractivity contribution is 5.70. The summed E-state index contributed by atoms with van der Waals surface area (Å²) in [6.45, 7) is 4.94. The van der Waals surface area contributed by atoms with Crippen molar-refractivity contribution in [2.75, 3.05) is 0 Å². The average molecular weight is 352 g/mol. The molecule has 0 radical (unpaired) electrons. The van der Waals surface area contributed by atoms with Crippen LogP contribution in [0, 0.1) is 13.8 Å². The molecule has 0 amide bonds. The van der Waals surface area contributed by atoms with E-state index in [1.807, 2.05) is 0 Å². The molecular weight excluding hydrogens is 324 g/mol. The minimum atomic E-state index is 0.363.